The summed E-state index contributed by atoms with van der Waals surface area (Å²) in [7, 11) is 0. The Labute approximate surface area is 165 Å². The van der Waals surface area contributed by atoms with E-state index in [1.807, 2.05) is 30.3 Å². The highest BCUT2D eigenvalue weighted by atomic mass is 16.5. The Morgan fingerprint density at radius 2 is 1.54 bits per heavy atom. The van der Waals surface area contributed by atoms with Crippen molar-refractivity contribution >= 4 is 11.9 Å². The number of hydrogen-bond acceptors (Lipinski definition) is 5. The minimum absolute atomic E-state index is 0.0523. The normalized spacial score (nSPS) is 14.6. The van der Waals surface area contributed by atoms with Crippen LogP contribution in [0.15, 0.2) is 73.1 Å². The van der Waals surface area contributed by atoms with Crippen molar-refractivity contribution in [3.05, 3.63) is 78.6 Å². The molecule has 5 nitrogen and oxygen atoms in total. The van der Waals surface area contributed by atoms with Crippen molar-refractivity contribution < 1.29 is 9.53 Å². The fourth-order valence-electron chi connectivity index (χ4n) is 3.47. The summed E-state index contributed by atoms with van der Waals surface area (Å²) in [5, 5.41) is 0. The minimum Gasteiger partial charge on any atom is -0.461 e. The number of hydrogen-bond donors (Lipinski definition) is 0. The Morgan fingerprint density at radius 3 is 2.21 bits per heavy atom. The predicted molar refractivity (Wildman–Crippen MR) is 109 cm³/mol. The first kappa shape index (κ1) is 18.2. The van der Waals surface area contributed by atoms with Crippen LogP contribution >= 0.6 is 0 Å². The fraction of sp³-hybridized carbons (Fsp3) is 0.261. The maximum Gasteiger partial charge on any atom is 0.309 e. The predicted octanol–water partition coefficient (Wildman–Crippen LogP) is 4.10. The van der Waals surface area contributed by atoms with E-state index in [0.717, 1.165) is 43.0 Å². The highest BCUT2D eigenvalue weighted by Gasteiger charge is 2.27. The Hall–Kier alpha value is -3.21. The second kappa shape index (κ2) is 8.65. The van der Waals surface area contributed by atoms with Crippen molar-refractivity contribution in [3.8, 4) is 11.1 Å². The lowest BCUT2D eigenvalue weighted by Crippen LogP contribution is -2.37. The third-order valence-corrected chi connectivity index (χ3v) is 5.11. The van der Waals surface area contributed by atoms with Crippen LogP contribution in [0.1, 0.15) is 18.4 Å². The van der Waals surface area contributed by atoms with E-state index in [2.05, 4.69) is 39.1 Å². The minimum atomic E-state index is -0.110. The molecule has 1 fully saturated rings. The van der Waals surface area contributed by atoms with Crippen LogP contribution in [0, 0.1) is 5.92 Å². The van der Waals surface area contributed by atoms with Gasteiger partial charge in [0.2, 0.25) is 5.95 Å². The van der Waals surface area contributed by atoms with E-state index < -0.39 is 0 Å². The maximum absolute atomic E-state index is 12.4. The number of rotatable bonds is 5. The van der Waals surface area contributed by atoms with E-state index >= 15 is 0 Å². The molecule has 5 heteroatoms. The number of carbonyl (C=O) groups is 1. The molecule has 0 saturated carbocycles. The average molecular weight is 373 g/mol. The summed E-state index contributed by atoms with van der Waals surface area (Å²) >= 11 is 0. The zero-order valence-electron chi connectivity index (χ0n) is 15.7. The van der Waals surface area contributed by atoms with Gasteiger partial charge in [0, 0.05) is 25.5 Å². The van der Waals surface area contributed by atoms with E-state index in [-0.39, 0.29) is 11.9 Å². The molecule has 28 heavy (non-hydrogen) atoms. The highest BCUT2D eigenvalue weighted by molar-refractivity contribution is 5.73. The number of carbonyl (C=O) groups excluding carboxylic acids is 1. The van der Waals surface area contributed by atoms with E-state index in [1.165, 1.54) is 5.56 Å². The summed E-state index contributed by atoms with van der Waals surface area (Å²) in [5.41, 5.74) is 3.34. The third-order valence-electron chi connectivity index (χ3n) is 5.11. The number of nitrogens with zero attached hydrogens (tertiary/aromatic N) is 3. The molecular weight excluding hydrogens is 350 g/mol. The van der Waals surface area contributed by atoms with Gasteiger partial charge in [-0.1, -0.05) is 54.6 Å². The lowest BCUT2D eigenvalue weighted by molar-refractivity contribution is -0.150. The zero-order chi connectivity index (χ0) is 19.2. The number of piperidine rings is 1. The first-order valence-electron chi connectivity index (χ1n) is 9.62. The van der Waals surface area contributed by atoms with Crippen LogP contribution in [0.5, 0.6) is 0 Å². The second-order valence-corrected chi connectivity index (χ2v) is 6.98. The molecule has 0 spiro atoms. The van der Waals surface area contributed by atoms with Gasteiger partial charge in [-0.25, -0.2) is 9.97 Å². The molecular formula is C23H23N3O2. The summed E-state index contributed by atoms with van der Waals surface area (Å²) in [6.45, 7) is 1.86. The summed E-state index contributed by atoms with van der Waals surface area (Å²) in [6, 6.07) is 20.2. The molecule has 1 saturated heterocycles. The molecule has 0 atom stereocenters. The van der Waals surface area contributed by atoms with E-state index in [4.69, 9.17) is 4.74 Å². The van der Waals surface area contributed by atoms with Crippen LogP contribution < -0.4 is 4.90 Å². The van der Waals surface area contributed by atoms with E-state index in [0.29, 0.717) is 6.61 Å². The van der Waals surface area contributed by atoms with Gasteiger partial charge >= 0.3 is 5.97 Å². The van der Waals surface area contributed by atoms with Crippen LogP contribution in [-0.2, 0) is 16.1 Å². The molecule has 0 unspecified atom stereocenters. The van der Waals surface area contributed by atoms with E-state index in [1.54, 1.807) is 18.5 Å². The monoisotopic (exact) mass is 373 g/mol. The number of ether oxygens (including phenoxy) is 1. The molecule has 0 bridgehead atoms. The van der Waals surface area contributed by atoms with Gasteiger partial charge in [-0.15, -0.1) is 0 Å². The summed E-state index contributed by atoms with van der Waals surface area (Å²) in [6.07, 6.45) is 5.02. The van der Waals surface area contributed by atoms with Crippen LogP contribution in [0.4, 0.5) is 5.95 Å². The van der Waals surface area contributed by atoms with Crippen LogP contribution in [0.3, 0.4) is 0 Å². The molecule has 142 valence electrons. The van der Waals surface area contributed by atoms with E-state index in [9.17, 15) is 4.79 Å². The highest BCUT2D eigenvalue weighted by Crippen LogP contribution is 2.23. The number of aromatic nitrogens is 2. The van der Waals surface area contributed by atoms with Gasteiger partial charge < -0.3 is 9.64 Å². The molecule has 1 aromatic heterocycles. The molecule has 3 aromatic rings. The van der Waals surface area contributed by atoms with Crippen molar-refractivity contribution in [2.75, 3.05) is 18.0 Å². The van der Waals surface area contributed by atoms with Gasteiger partial charge in [0.25, 0.3) is 0 Å². The quantitative estimate of drug-likeness (QED) is 0.630. The smallest absolute Gasteiger partial charge is 0.309 e. The van der Waals surface area contributed by atoms with Crippen molar-refractivity contribution in [3.63, 3.8) is 0 Å². The lowest BCUT2D eigenvalue weighted by Gasteiger charge is -2.30. The van der Waals surface area contributed by atoms with Crippen molar-refractivity contribution in [2.45, 2.75) is 19.4 Å². The van der Waals surface area contributed by atoms with Gasteiger partial charge in [0.1, 0.15) is 6.61 Å². The van der Waals surface area contributed by atoms with Gasteiger partial charge in [0.15, 0.2) is 0 Å². The molecule has 4 rings (SSSR count). The molecule has 0 amide bonds. The topological polar surface area (TPSA) is 55.3 Å². The number of anilines is 1. The maximum atomic E-state index is 12.4. The average Bonchev–Trinajstić information content (AvgIpc) is 2.79. The van der Waals surface area contributed by atoms with Crippen LogP contribution in [0.25, 0.3) is 11.1 Å². The molecule has 0 N–H and O–H groups in total. The fourth-order valence-corrected chi connectivity index (χ4v) is 3.47. The molecule has 0 aliphatic carbocycles. The zero-order valence-corrected chi connectivity index (χ0v) is 15.7. The Kier molecular flexibility index (Phi) is 5.61. The second-order valence-electron chi connectivity index (χ2n) is 6.98. The molecule has 2 aromatic carbocycles. The molecule has 1 aliphatic rings. The Morgan fingerprint density at radius 1 is 0.893 bits per heavy atom. The Balaban J connectivity index is 1.27. The van der Waals surface area contributed by atoms with Gasteiger partial charge in [-0.05, 0) is 35.6 Å². The standard InChI is InChI=1S/C23H23N3O2/c27-22(21-11-15-26(16-12-21)23-24-13-4-14-25-23)28-17-18-7-9-20(10-8-18)19-5-2-1-3-6-19/h1-10,13-14,21H,11-12,15-17H2. The molecule has 2 heterocycles. The number of esters is 1. The SMILES string of the molecule is O=C(OCc1ccc(-c2ccccc2)cc1)C1CCN(c2ncccn2)CC1. The summed E-state index contributed by atoms with van der Waals surface area (Å²) in [5.74, 6) is 0.567. The Bertz CT molecular complexity index is 890. The summed E-state index contributed by atoms with van der Waals surface area (Å²) in [4.78, 5) is 23.1. The first-order valence-corrected chi connectivity index (χ1v) is 9.62. The third kappa shape index (κ3) is 4.36. The first-order chi connectivity index (χ1) is 13.8. The van der Waals surface area contributed by atoms with Crippen LogP contribution in [-0.4, -0.2) is 29.0 Å². The molecule has 1 aliphatic heterocycles. The van der Waals surface area contributed by atoms with Crippen molar-refractivity contribution in [2.24, 2.45) is 5.92 Å². The number of benzene rings is 2. The molecule has 0 radical (unpaired) electrons. The van der Waals surface area contributed by atoms with Gasteiger partial charge in [-0.3, -0.25) is 4.79 Å². The summed E-state index contributed by atoms with van der Waals surface area (Å²) < 4.78 is 5.57. The van der Waals surface area contributed by atoms with Crippen molar-refractivity contribution in [1.82, 2.24) is 9.97 Å². The largest absolute Gasteiger partial charge is 0.461 e. The lowest BCUT2D eigenvalue weighted by atomic mass is 9.97. The van der Waals surface area contributed by atoms with Gasteiger partial charge in [-0.2, -0.15) is 0 Å². The van der Waals surface area contributed by atoms with Crippen molar-refractivity contribution in [1.29, 1.82) is 0 Å². The van der Waals surface area contributed by atoms with Gasteiger partial charge in [0.05, 0.1) is 5.92 Å². The van der Waals surface area contributed by atoms with Crippen LogP contribution in [0.2, 0.25) is 0 Å².